The van der Waals surface area contributed by atoms with Gasteiger partial charge >= 0.3 is 11.7 Å². The molecule has 1 aliphatic carbocycles. The zero-order valence-corrected chi connectivity index (χ0v) is 15.8. The lowest BCUT2D eigenvalue weighted by Crippen LogP contribution is -2.49. The van der Waals surface area contributed by atoms with Crippen molar-refractivity contribution >= 4 is 34.4 Å². The molecule has 1 aromatic heterocycles. The average molecular weight is 422 g/mol. The van der Waals surface area contributed by atoms with Crippen LogP contribution in [0.15, 0.2) is 56.6 Å². The average Bonchev–Trinajstić information content (AvgIpc) is 2.66. The van der Waals surface area contributed by atoms with Crippen LogP contribution in [0.5, 0.6) is 0 Å². The molecule has 0 saturated heterocycles. The fourth-order valence-corrected chi connectivity index (χ4v) is 3.25. The molecular weight excluding hydrogens is 405 g/mol. The van der Waals surface area contributed by atoms with E-state index in [4.69, 9.17) is 16.7 Å². The maximum absolute atomic E-state index is 15.3. The Morgan fingerprint density at radius 2 is 2.00 bits per heavy atom. The molecule has 0 radical (unpaired) electrons. The van der Waals surface area contributed by atoms with E-state index in [1.165, 1.54) is 18.2 Å². The van der Waals surface area contributed by atoms with Crippen LogP contribution in [0.1, 0.15) is 19.3 Å². The minimum atomic E-state index is -2.45. The lowest BCUT2D eigenvalue weighted by atomic mass is 9.94. The molecule has 1 heterocycles. The van der Waals surface area contributed by atoms with Crippen LogP contribution in [0.2, 0.25) is 0 Å². The SMILES string of the molecule is O=C(O)CCC1=CC=C(Cl)C(F)(NC(=O)Cn2c(=O)[nH]c3ccccc3c2=O)C1. The Bertz CT molecular complexity index is 1170. The third-order valence-corrected chi connectivity index (χ3v) is 4.93. The number of aromatic nitrogens is 2. The van der Waals surface area contributed by atoms with Crippen LogP contribution >= 0.6 is 11.6 Å². The second-order valence-electron chi connectivity index (χ2n) is 6.63. The third-order valence-electron chi connectivity index (χ3n) is 4.50. The van der Waals surface area contributed by atoms with Gasteiger partial charge in [-0.25, -0.2) is 9.18 Å². The molecule has 1 unspecified atom stereocenters. The van der Waals surface area contributed by atoms with Gasteiger partial charge in [0.15, 0.2) is 0 Å². The molecule has 3 N–H and O–H groups in total. The first-order valence-electron chi connectivity index (χ1n) is 8.69. The van der Waals surface area contributed by atoms with Crippen molar-refractivity contribution in [1.82, 2.24) is 14.9 Å². The quantitative estimate of drug-likeness (QED) is 0.614. The number of rotatable bonds is 6. The van der Waals surface area contributed by atoms with Crippen molar-refractivity contribution in [3.8, 4) is 0 Å². The third kappa shape index (κ3) is 4.45. The summed E-state index contributed by atoms with van der Waals surface area (Å²) in [5.74, 6) is -4.41. The molecule has 0 bridgehead atoms. The zero-order valence-electron chi connectivity index (χ0n) is 15.1. The number of fused-ring (bicyclic) bond motifs is 1. The number of hydrogen-bond acceptors (Lipinski definition) is 4. The van der Waals surface area contributed by atoms with Gasteiger partial charge in [-0.3, -0.25) is 19.0 Å². The van der Waals surface area contributed by atoms with Crippen molar-refractivity contribution in [2.45, 2.75) is 31.6 Å². The van der Waals surface area contributed by atoms with Crippen molar-refractivity contribution in [3.05, 3.63) is 67.9 Å². The first-order chi connectivity index (χ1) is 13.7. The highest BCUT2D eigenvalue weighted by molar-refractivity contribution is 6.31. The van der Waals surface area contributed by atoms with Crippen molar-refractivity contribution in [3.63, 3.8) is 0 Å². The number of H-pyrrole nitrogens is 1. The lowest BCUT2D eigenvalue weighted by molar-refractivity contribution is -0.137. The van der Waals surface area contributed by atoms with E-state index < -0.39 is 35.5 Å². The number of carbonyl (C=O) groups excluding carboxylic acids is 1. The normalized spacial score (nSPS) is 18.8. The summed E-state index contributed by atoms with van der Waals surface area (Å²) in [6.07, 6.45) is 2.33. The zero-order chi connectivity index (χ0) is 21.2. The second kappa shape index (κ2) is 8.04. The maximum Gasteiger partial charge on any atom is 0.329 e. The Hall–Kier alpha value is -3.20. The fraction of sp³-hybridized carbons (Fsp3) is 0.263. The highest BCUT2D eigenvalue weighted by Gasteiger charge is 2.38. The van der Waals surface area contributed by atoms with Gasteiger partial charge in [0.05, 0.1) is 15.9 Å². The number of carboxylic acids is 1. The van der Waals surface area contributed by atoms with Gasteiger partial charge in [-0.05, 0) is 24.6 Å². The van der Waals surface area contributed by atoms with Gasteiger partial charge < -0.3 is 15.4 Å². The number of allylic oxidation sites excluding steroid dienone is 2. The maximum atomic E-state index is 15.3. The molecule has 0 spiro atoms. The molecule has 29 heavy (non-hydrogen) atoms. The number of hydrogen-bond donors (Lipinski definition) is 3. The van der Waals surface area contributed by atoms with Crippen molar-refractivity contribution < 1.29 is 19.1 Å². The molecule has 0 aliphatic heterocycles. The number of para-hydroxylation sites is 1. The topological polar surface area (TPSA) is 121 Å². The molecule has 152 valence electrons. The lowest BCUT2D eigenvalue weighted by Gasteiger charge is -2.29. The van der Waals surface area contributed by atoms with Crippen molar-refractivity contribution in [2.24, 2.45) is 0 Å². The highest BCUT2D eigenvalue weighted by Crippen LogP contribution is 2.35. The predicted octanol–water partition coefficient (Wildman–Crippen LogP) is 1.79. The van der Waals surface area contributed by atoms with Crippen molar-refractivity contribution in [2.75, 3.05) is 0 Å². The highest BCUT2D eigenvalue weighted by atomic mass is 35.5. The van der Waals surface area contributed by atoms with Gasteiger partial charge in [-0.15, -0.1) is 0 Å². The summed E-state index contributed by atoms with van der Waals surface area (Å²) in [4.78, 5) is 50.2. The molecule has 1 aromatic carbocycles. The van der Waals surface area contributed by atoms with E-state index in [2.05, 4.69) is 10.3 Å². The van der Waals surface area contributed by atoms with Crippen molar-refractivity contribution in [1.29, 1.82) is 0 Å². The first-order valence-corrected chi connectivity index (χ1v) is 9.07. The molecule has 2 aromatic rings. The van der Waals surface area contributed by atoms with E-state index in [1.54, 1.807) is 18.2 Å². The van der Waals surface area contributed by atoms with Crippen LogP contribution in [-0.2, 0) is 16.1 Å². The fourth-order valence-electron chi connectivity index (χ4n) is 3.07. The van der Waals surface area contributed by atoms with E-state index in [0.717, 1.165) is 0 Å². The predicted molar refractivity (Wildman–Crippen MR) is 104 cm³/mol. The number of carboxylic acid groups (broad SMARTS) is 1. The van der Waals surface area contributed by atoms with E-state index in [1.807, 2.05) is 0 Å². The number of alkyl halides is 1. The molecule has 1 atom stereocenters. The van der Waals surface area contributed by atoms with E-state index in [0.29, 0.717) is 15.7 Å². The number of benzene rings is 1. The summed E-state index contributed by atoms with van der Waals surface area (Å²) in [6, 6.07) is 6.31. The van der Waals surface area contributed by atoms with Gasteiger partial charge in [0, 0.05) is 12.8 Å². The van der Waals surface area contributed by atoms with E-state index >= 15 is 4.39 Å². The van der Waals surface area contributed by atoms with Gasteiger partial charge in [0.25, 0.3) is 5.56 Å². The molecule has 10 heteroatoms. The summed E-state index contributed by atoms with van der Waals surface area (Å²) < 4.78 is 15.9. The second-order valence-corrected chi connectivity index (χ2v) is 7.03. The number of amides is 1. The summed E-state index contributed by atoms with van der Waals surface area (Å²) in [7, 11) is 0. The number of carbonyl (C=O) groups is 2. The van der Waals surface area contributed by atoms with Crippen LogP contribution in [0.4, 0.5) is 4.39 Å². The van der Waals surface area contributed by atoms with Crippen LogP contribution in [0.3, 0.4) is 0 Å². The number of aliphatic carboxylic acids is 1. The van der Waals surface area contributed by atoms with Gasteiger partial charge in [-0.2, -0.15) is 0 Å². The van der Waals surface area contributed by atoms with Crippen LogP contribution < -0.4 is 16.6 Å². The minimum Gasteiger partial charge on any atom is -0.481 e. The number of halogens is 2. The van der Waals surface area contributed by atoms with Gasteiger partial charge in [0.2, 0.25) is 11.7 Å². The van der Waals surface area contributed by atoms with E-state index in [9.17, 15) is 19.2 Å². The molecule has 1 amide bonds. The van der Waals surface area contributed by atoms with E-state index in [-0.39, 0.29) is 29.7 Å². The number of nitrogens with zero attached hydrogens (tertiary/aromatic N) is 1. The monoisotopic (exact) mass is 421 g/mol. The van der Waals surface area contributed by atoms with Crippen LogP contribution in [-0.4, -0.2) is 32.3 Å². The Labute approximate surface area is 168 Å². The standard InChI is InChI=1S/C19H17ClFN3O5/c20-14-7-5-11(6-8-16(26)27)9-19(14,21)23-15(25)10-24-17(28)12-3-1-2-4-13(12)22-18(24)29/h1-5,7H,6,8-10H2,(H,22,29)(H,23,25)(H,26,27). The van der Waals surface area contributed by atoms with Gasteiger partial charge in [0.1, 0.15) is 6.54 Å². The number of aromatic amines is 1. The Morgan fingerprint density at radius 3 is 2.72 bits per heavy atom. The molecule has 3 rings (SSSR count). The molecule has 1 aliphatic rings. The van der Waals surface area contributed by atoms with Gasteiger partial charge in [-0.1, -0.05) is 35.4 Å². The first kappa shape index (κ1) is 20.5. The molecule has 0 saturated carbocycles. The van der Waals surface area contributed by atoms with Crippen LogP contribution in [0.25, 0.3) is 10.9 Å². The Morgan fingerprint density at radius 1 is 1.28 bits per heavy atom. The summed E-state index contributed by atoms with van der Waals surface area (Å²) in [6.45, 7) is -0.705. The summed E-state index contributed by atoms with van der Waals surface area (Å²) in [5.41, 5.74) is -0.697. The number of nitrogens with one attached hydrogen (secondary N) is 2. The summed E-state index contributed by atoms with van der Waals surface area (Å²) in [5, 5.41) is 10.8. The Kier molecular flexibility index (Phi) is 5.69. The smallest absolute Gasteiger partial charge is 0.329 e. The summed E-state index contributed by atoms with van der Waals surface area (Å²) >= 11 is 5.91. The molecule has 0 fully saturated rings. The Balaban J connectivity index is 1.79. The molecule has 8 nitrogen and oxygen atoms in total. The minimum absolute atomic E-state index is 0.0986. The van der Waals surface area contributed by atoms with Crippen LogP contribution in [0, 0.1) is 0 Å². The largest absolute Gasteiger partial charge is 0.481 e. The molecular formula is C19H17ClFN3O5.